The van der Waals surface area contributed by atoms with Crippen LogP contribution in [0, 0.1) is 28.4 Å². The van der Waals surface area contributed by atoms with Crippen LogP contribution in [0.4, 0.5) is 5.69 Å². The van der Waals surface area contributed by atoms with Crippen LogP contribution in [-0.2, 0) is 0 Å². The lowest BCUT2D eigenvalue weighted by molar-refractivity contribution is -0.386. The van der Waals surface area contributed by atoms with Crippen molar-refractivity contribution in [2.24, 2.45) is 0 Å². The summed E-state index contributed by atoms with van der Waals surface area (Å²) in [5, 5.41) is 20.2. The zero-order chi connectivity index (χ0) is 14.7. The van der Waals surface area contributed by atoms with Crippen molar-refractivity contribution < 1.29 is 9.66 Å². The van der Waals surface area contributed by atoms with Crippen molar-refractivity contribution in [2.45, 2.75) is 6.92 Å². The molecule has 6 nitrogen and oxygen atoms in total. The van der Waals surface area contributed by atoms with E-state index in [1.807, 2.05) is 6.92 Å². The van der Waals surface area contributed by atoms with Crippen LogP contribution >= 0.6 is 11.6 Å². The number of aromatic nitrogens is 1. The maximum atomic E-state index is 11.0. The van der Waals surface area contributed by atoms with Crippen molar-refractivity contribution in [1.29, 1.82) is 5.26 Å². The maximum Gasteiger partial charge on any atom is 0.348 e. The van der Waals surface area contributed by atoms with Crippen LogP contribution in [0.25, 0.3) is 0 Å². The van der Waals surface area contributed by atoms with E-state index in [-0.39, 0.29) is 17.2 Å². The summed E-state index contributed by atoms with van der Waals surface area (Å²) in [5.74, 6) is -0.0149. The Kier molecular flexibility index (Phi) is 3.82. The lowest BCUT2D eigenvalue weighted by atomic mass is 10.2. The number of pyridine rings is 1. The van der Waals surface area contributed by atoms with Crippen molar-refractivity contribution >= 4 is 17.3 Å². The summed E-state index contributed by atoms with van der Waals surface area (Å²) >= 11 is 5.96. The molecular formula is C13H8ClN3O3. The van der Waals surface area contributed by atoms with Gasteiger partial charge in [-0.15, -0.1) is 0 Å². The summed E-state index contributed by atoms with van der Waals surface area (Å²) in [5.41, 5.74) is 0.278. The second kappa shape index (κ2) is 5.55. The van der Waals surface area contributed by atoms with E-state index in [1.54, 1.807) is 24.3 Å². The van der Waals surface area contributed by atoms with Crippen molar-refractivity contribution in [2.75, 3.05) is 0 Å². The first-order valence-electron chi connectivity index (χ1n) is 5.50. The van der Waals surface area contributed by atoms with Gasteiger partial charge >= 0.3 is 11.6 Å². The molecule has 0 bridgehead atoms. The van der Waals surface area contributed by atoms with Gasteiger partial charge in [-0.1, -0.05) is 17.7 Å². The summed E-state index contributed by atoms with van der Waals surface area (Å²) in [4.78, 5) is 14.1. The van der Waals surface area contributed by atoms with E-state index in [0.717, 1.165) is 5.56 Å². The Morgan fingerprint density at radius 3 is 2.85 bits per heavy atom. The zero-order valence-electron chi connectivity index (χ0n) is 10.3. The molecule has 0 saturated carbocycles. The third kappa shape index (κ3) is 2.68. The topological polar surface area (TPSA) is 89.0 Å². The number of nitrogens with zero attached hydrogens (tertiary/aromatic N) is 3. The summed E-state index contributed by atoms with van der Waals surface area (Å²) in [7, 11) is 0. The average Bonchev–Trinajstić information content (AvgIpc) is 2.42. The monoisotopic (exact) mass is 289 g/mol. The van der Waals surface area contributed by atoms with Crippen LogP contribution in [0.1, 0.15) is 11.1 Å². The van der Waals surface area contributed by atoms with Crippen LogP contribution in [0.2, 0.25) is 5.02 Å². The molecule has 1 aromatic heterocycles. The molecule has 0 atom stereocenters. The molecule has 0 aliphatic heterocycles. The number of nitriles is 1. The van der Waals surface area contributed by atoms with Crippen LogP contribution in [0.5, 0.6) is 11.6 Å². The Morgan fingerprint density at radius 1 is 1.45 bits per heavy atom. The van der Waals surface area contributed by atoms with Gasteiger partial charge in [0.1, 0.15) is 17.4 Å². The third-order valence-electron chi connectivity index (χ3n) is 2.49. The number of aryl methyl sites for hydroxylation is 1. The first kappa shape index (κ1) is 13.8. The van der Waals surface area contributed by atoms with E-state index in [0.29, 0.717) is 5.02 Å². The third-order valence-corrected chi connectivity index (χ3v) is 2.80. The first-order valence-corrected chi connectivity index (χ1v) is 5.88. The van der Waals surface area contributed by atoms with Gasteiger partial charge in [0.25, 0.3) is 0 Å². The quantitative estimate of drug-likeness (QED) is 0.636. The first-order chi connectivity index (χ1) is 9.52. The molecule has 20 heavy (non-hydrogen) atoms. The lowest BCUT2D eigenvalue weighted by Gasteiger charge is -2.08. The highest BCUT2D eigenvalue weighted by Gasteiger charge is 2.23. The predicted octanol–water partition coefficient (Wildman–Crippen LogP) is 3.62. The molecule has 0 N–H and O–H groups in total. The molecule has 0 saturated heterocycles. The number of hydrogen-bond donors (Lipinski definition) is 0. The van der Waals surface area contributed by atoms with E-state index < -0.39 is 10.6 Å². The summed E-state index contributed by atoms with van der Waals surface area (Å²) < 4.78 is 5.39. The number of hydrogen-bond acceptors (Lipinski definition) is 5. The molecule has 2 rings (SSSR count). The fraction of sp³-hybridized carbons (Fsp3) is 0.0769. The van der Waals surface area contributed by atoms with Crippen LogP contribution < -0.4 is 4.74 Å². The van der Waals surface area contributed by atoms with E-state index in [2.05, 4.69) is 4.98 Å². The van der Waals surface area contributed by atoms with Gasteiger partial charge in [0.15, 0.2) is 0 Å². The Labute approximate surface area is 119 Å². The van der Waals surface area contributed by atoms with E-state index in [1.165, 1.54) is 12.3 Å². The Balaban J connectivity index is 2.52. The van der Waals surface area contributed by atoms with Gasteiger partial charge < -0.3 is 4.74 Å². The molecule has 7 heteroatoms. The second-order valence-electron chi connectivity index (χ2n) is 3.92. The van der Waals surface area contributed by atoms with Gasteiger partial charge in [0.05, 0.1) is 9.95 Å². The minimum absolute atomic E-state index is 0.122. The van der Waals surface area contributed by atoms with Crippen molar-refractivity contribution in [3.05, 3.63) is 56.7 Å². The van der Waals surface area contributed by atoms with Crippen LogP contribution in [0.15, 0.2) is 30.5 Å². The fourth-order valence-corrected chi connectivity index (χ4v) is 1.73. The number of halogens is 1. The lowest BCUT2D eigenvalue weighted by Crippen LogP contribution is -1.99. The fourth-order valence-electron chi connectivity index (χ4n) is 1.57. The maximum absolute atomic E-state index is 11.0. The van der Waals surface area contributed by atoms with Crippen LogP contribution in [-0.4, -0.2) is 9.91 Å². The van der Waals surface area contributed by atoms with Crippen LogP contribution in [0.3, 0.4) is 0 Å². The summed E-state index contributed by atoms with van der Waals surface area (Å²) in [6, 6.07) is 8.02. The number of nitro groups is 1. The molecule has 0 amide bonds. The van der Waals surface area contributed by atoms with Crippen molar-refractivity contribution in [3.63, 3.8) is 0 Å². The molecule has 2 aromatic rings. The Morgan fingerprint density at radius 2 is 2.20 bits per heavy atom. The molecule has 1 heterocycles. The highest BCUT2D eigenvalue weighted by atomic mass is 35.5. The molecular weight excluding hydrogens is 282 g/mol. The van der Waals surface area contributed by atoms with Gasteiger partial charge in [0.2, 0.25) is 0 Å². The van der Waals surface area contributed by atoms with Gasteiger partial charge in [0, 0.05) is 6.20 Å². The molecule has 0 unspecified atom stereocenters. The van der Waals surface area contributed by atoms with Crippen molar-refractivity contribution in [3.8, 4) is 17.7 Å². The highest BCUT2D eigenvalue weighted by Crippen LogP contribution is 2.35. The summed E-state index contributed by atoms with van der Waals surface area (Å²) in [6.45, 7) is 1.83. The number of benzene rings is 1. The molecule has 0 spiro atoms. The normalized spacial score (nSPS) is 9.85. The predicted molar refractivity (Wildman–Crippen MR) is 71.9 cm³/mol. The number of rotatable bonds is 3. The second-order valence-corrected chi connectivity index (χ2v) is 4.32. The van der Waals surface area contributed by atoms with Crippen molar-refractivity contribution in [1.82, 2.24) is 4.98 Å². The molecule has 0 aliphatic rings. The highest BCUT2D eigenvalue weighted by molar-refractivity contribution is 6.32. The van der Waals surface area contributed by atoms with Gasteiger partial charge in [-0.25, -0.2) is 4.98 Å². The smallest absolute Gasteiger partial charge is 0.348 e. The molecule has 0 fully saturated rings. The van der Waals surface area contributed by atoms with Gasteiger partial charge in [-0.2, -0.15) is 5.26 Å². The largest absolute Gasteiger partial charge is 0.432 e. The average molecular weight is 290 g/mol. The van der Waals surface area contributed by atoms with Gasteiger partial charge in [-0.05, 0) is 30.7 Å². The van der Waals surface area contributed by atoms with Gasteiger partial charge in [-0.3, -0.25) is 10.1 Å². The molecule has 1 aromatic carbocycles. The molecule has 0 radical (unpaired) electrons. The molecule has 100 valence electrons. The summed E-state index contributed by atoms with van der Waals surface area (Å²) in [6.07, 6.45) is 1.27. The minimum Gasteiger partial charge on any atom is -0.432 e. The van der Waals surface area contributed by atoms with E-state index >= 15 is 0 Å². The minimum atomic E-state index is -0.704. The Hall–Kier alpha value is -2.65. The number of ether oxygens (including phenoxy) is 1. The zero-order valence-corrected chi connectivity index (χ0v) is 11.1. The SMILES string of the molecule is Cc1ccc(Cl)c(Oc2nccc(C#N)c2[N+](=O)[O-])c1. The van der Waals surface area contributed by atoms with E-state index in [9.17, 15) is 10.1 Å². The standard InChI is InChI=1S/C13H8ClN3O3/c1-8-2-3-10(14)11(6-8)20-13-12(17(18)19)9(7-15)4-5-16-13/h2-6H,1H3. The molecule has 0 aliphatic carbocycles. The Bertz CT molecular complexity index is 725. The van der Waals surface area contributed by atoms with E-state index in [4.69, 9.17) is 21.6 Å².